The van der Waals surface area contributed by atoms with Crippen molar-refractivity contribution in [1.29, 1.82) is 0 Å². The molecule has 0 amide bonds. The van der Waals surface area contributed by atoms with Crippen LogP contribution in [-0.2, 0) is 22.9 Å². The van der Waals surface area contributed by atoms with Crippen molar-refractivity contribution in [3.8, 4) is 5.75 Å². The average molecular weight is 365 g/mol. The second-order valence-electron chi connectivity index (χ2n) is 3.27. The fourth-order valence-corrected chi connectivity index (χ4v) is 1.25. The zero-order valence-electron chi connectivity index (χ0n) is 9.50. The van der Waals surface area contributed by atoms with Gasteiger partial charge in [-0.25, -0.2) is 8.78 Å². The fourth-order valence-electron chi connectivity index (χ4n) is 1.25. The summed E-state index contributed by atoms with van der Waals surface area (Å²) in [6.07, 6.45) is 0. The Balaban J connectivity index is 0.000000771. The Morgan fingerprint density at radius 1 is 1.06 bits per heavy atom. The van der Waals surface area contributed by atoms with E-state index < -0.39 is 11.6 Å². The van der Waals surface area contributed by atoms with E-state index in [9.17, 15) is 8.78 Å². The zero-order chi connectivity index (χ0) is 13.4. The summed E-state index contributed by atoms with van der Waals surface area (Å²) in [4.78, 5) is 0. The van der Waals surface area contributed by atoms with Gasteiger partial charge < -0.3 is 4.74 Å². The van der Waals surface area contributed by atoms with Crippen molar-refractivity contribution in [3.05, 3.63) is 65.7 Å². The SMILES string of the molecule is Fc1ccc(OCc2cc[c-]cc2)cc1F.[Zn+][Br]. The van der Waals surface area contributed by atoms with Crippen LogP contribution >= 0.6 is 13.6 Å². The molecule has 0 unspecified atom stereocenters. The molecule has 1 nitrogen and oxygen atoms in total. The quantitative estimate of drug-likeness (QED) is 0.586. The summed E-state index contributed by atoms with van der Waals surface area (Å²) in [6.45, 7) is 0.319. The van der Waals surface area contributed by atoms with Crippen molar-refractivity contribution in [2.75, 3.05) is 0 Å². The second-order valence-corrected chi connectivity index (χ2v) is 3.27. The van der Waals surface area contributed by atoms with Gasteiger partial charge >= 0.3 is 30.0 Å². The number of hydrogen-bond acceptors (Lipinski definition) is 1. The van der Waals surface area contributed by atoms with Crippen LogP contribution in [-0.4, -0.2) is 0 Å². The van der Waals surface area contributed by atoms with Gasteiger partial charge in [-0.05, 0) is 12.1 Å². The molecule has 0 heterocycles. The molecule has 0 aliphatic rings. The minimum atomic E-state index is -0.904. The zero-order valence-corrected chi connectivity index (χ0v) is 14.1. The third-order valence-corrected chi connectivity index (χ3v) is 2.08. The van der Waals surface area contributed by atoms with Gasteiger partial charge in [0, 0.05) is 6.07 Å². The van der Waals surface area contributed by atoms with Crippen molar-refractivity contribution in [2.24, 2.45) is 0 Å². The standard InChI is InChI=1S/C13H9F2O.BrH.Zn/c14-12-7-6-11(8-13(12)15)16-9-10-4-2-1-3-5-10;;/h2-8H,9H2;1H;/q-1;;+2/p-1. The Hall–Kier alpha value is -0.797. The van der Waals surface area contributed by atoms with Gasteiger partial charge in [0.2, 0.25) is 0 Å². The number of hydrogen-bond donors (Lipinski definition) is 0. The summed E-state index contributed by atoms with van der Waals surface area (Å²) in [7, 11) is 0. The maximum atomic E-state index is 12.8. The van der Waals surface area contributed by atoms with E-state index in [0.717, 1.165) is 17.7 Å². The molecule has 5 heteroatoms. The van der Waals surface area contributed by atoms with Crippen molar-refractivity contribution in [3.63, 3.8) is 0 Å². The Morgan fingerprint density at radius 2 is 1.72 bits per heavy atom. The van der Waals surface area contributed by atoms with Gasteiger partial charge in [0.15, 0.2) is 11.6 Å². The topological polar surface area (TPSA) is 9.23 Å². The maximum absolute atomic E-state index is 12.8. The van der Waals surface area contributed by atoms with Gasteiger partial charge in [-0.3, -0.25) is 0 Å². The van der Waals surface area contributed by atoms with Crippen molar-refractivity contribution >= 4 is 13.6 Å². The first-order valence-corrected chi connectivity index (χ1v) is 12.0. The Kier molecular flexibility index (Phi) is 7.06. The molecule has 2 rings (SSSR count). The number of halogens is 3. The molecule has 0 bridgehead atoms. The van der Waals surface area contributed by atoms with Gasteiger partial charge in [0.25, 0.3) is 0 Å². The molecule has 90 valence electrons. The second kappa shape index (κ2) is 8.33. The molecule has 0 atom stereocenters. The van der Waals surface area contributed by atoms with E-state index in [0.29, 0.717) is 12.4 Å². The van der Waals surface area contributed by atoms with Crippen LogP contribution in [0.25, 0.3) is 0 Å². The van der Waals surface area contributed by atoms with Gasteiger partial charge in [-0.1, -0.05) is 0 Å². The van der Waals surface area contributed by atoms with E-state index in [1.807, 2.05) is 12.1 Å². The Morgan fingerprint density at radius 3 is 2.33 bits per heavy atom. The summed E-state index contributed by atoms with van der Waals surface area (Å²) >= 11 is 4.25. The van der Waals surface area contributed by atoms with Crippen LogP contribution < -0.4 is 4.74 Å². The molecule has 18 heavy (non-hydrogen) atoms. The molecular formula is C13H9BrF2OZn. The van der Waals surface area contributed by atoms with Crippen LogP contribution in [0.2, 0.25) is 0 Å². The first kappa shape index (κ1) is 15.3. The van der Waals surface area contributed by atoms with Crippen LogP contribution in [0.5, 0.6) is 5.75 Å². The molecule has 0 radical (unpaired) electrons. The normalized spacial score (nSPS) is 9.39. The average Bonchev–Trinajstić information content (AvgIpc) is 2.44. The van der Waals surface area contributed by atoms with E-state index in [-0.39, 0.29) is 0 Å². The van der Waals surface area contributed by atoms with Gasteiger partial charge in [0.1, 0.15) is 5.75 Å². The van der Waals surface area contributed by atoms with Crippen LogP contribution in [0.1, 0.15) is 5.56 Å². The van der Waals surface area contributed by atoms with E-state index in [4.69, 9.17) is 4.74 Å². The first-order chi connectivity index (χ1) is 8.75. The minimum absolute atomic E-state index is 0.312. The molecule has 0 spiro atoms. The van der Waals surface area contributed by atoms with Crippen LogP contribution in [0.15, 0.2) is 42.5 Å². The number of rotatable bonds is 3. The molecule has 2 aromatic carbocycles. The third kappa shape index (κ3) is 4.83. The summed E-state index contributed by atoms with van der Waals surface area (Å²) in [6, 6.07) is 13.6. The van der Waals surface area contributed by atoms with Crippen molar-refractivity contribution in [2.45, 2.75) is 6.61 Å². The van der Waals surface area contributed by atoms with Crippen molar-refractivity contribution in [1.82, 2.24) is 0 Å². The molecule has 2 aromatic rings. The summed E-state index contributed by atoms with van der Waals surface area (Å²) in [5, 5.41) is 0. The molecule has 0 aromatic heterocycles. The molecular weight excluding hydrogens is 355 g/mol. The first-order valence-electron chi connectivity index (χ1n) is 5.05. The van der Waals surface area contributed by atoms with E-state index in [1.165, 1.54) is 22.4 Å². The molecule has 0 N–H and O–H groups in total. The van der Waals surface area contributed by atoms with Crippen LogP contribution in [0.3, 0.4) is 0 Å². The van der Waals surface area contributed by atoms with Gasteiger partial charge in [0.05, 0.1) is 6.61 Å². The predicted octanol–water partition coefficient (Wildman–Crippen LogP) is 4.19. The molecule has 0 saturated carbocycles. The molecule has 0 aliphatic carbocycles. The molecule has 0 saturated heterocycles. The fraction of sp³-hybridized carbons (Fsp3) is 0.0769. The van der Waals surface area contributed by atoms with Crippen LogP contribution in [0.4, 0.5) is 8.78 Å². The third-order valence-electron chi connectivity index (χ3n) is 2.08. The predicted molar refractivity (Wildman–Crippen MR) is 64.9 cm³/mol. The summed E-state index contributed by atoms with van der Waals surface area (Å²) < 4.78 is 30.8. The molecule has 0 aliphatic heterocycles. The van der Waals surface area contributed by atoms with Crippen LogP contribution in [0, 0.1) is 17.7 Å². The Bertz CT molecular complexity index is 480. The summed E-state index contributed by atoms with van der Waals surface area (Å²) in [5.74, 6) is -1.47. The summed E-state index contributed by atoms with van der Waals surface area (Å²) in [5.41, 5.74) is 0.948. The van der Waals surface area contributed by atoms with Gasteiger partial charge in [-0.15, -0.1) is 5.56 Å². The van der Waals surface area contributed by atoms with Crippen molar-refractivity contribution < 1.29 is 29.9 Å². The Labute approximate surface area is 121 Å². The van der Waals surface area contributed by atoms with E-state index >= 15 is 0 Å². The number of ether oxygens (including phenoxy) is 1. The monoisotopic (exact) mass is 362 g/mol. The van der Waals surface area contributed by atoms with E-state index in [2.05, 4.69) is 19.7 Å². The number of benzene rings is 2. The van der Waals surface area contributed by atoms with E-state index in [1.54, 1.807) is 12.1 Å². The van der Waals surface area contributed by atoms with Gasteiger partial charge in [-0.2, -0.15) is 30.3 Å². The molecule has 0 fully saturated rings.